The van der Waals surface area contributed by atoms with Gasteiger partial charge in [-0.2, -0.15) is 0 Å². The maximum absolute atomic E-state index is 13.5. The highest BCUT2D eigenvalue weighted by Crippen LogP contribution is 2.20. The normalized spacial score (nSPS) is 15.0. The number of hydrogen-bond acceptors (Lipinski definition) is 3. The van der Waals surface area contributed by atoms with E-state index >= 15 is 0 Å². The molecule has 0 spiro atoms. The van der Waals surface area contributed by atoms with Gasteiger partial charge in [-0.25, -0.2) is 9.38 Å². The molecule has 3 N–H and O–H groups in total. The predicted octanol–water partition coefficient (Wildman–Crippen LogP) is 3.66. The Kier molecular flexibility index (Phi) is 9.66. The fourth-order valence-electron chi connectivity index (χ4n) is 3.50. The molecule has 29 heavy (non-hydrogen) atoms. The minimum atomic E-state index is -0.192. The summed E-state index contributed by atoms with van der Waals surface area (Å²) in [4.78, 5) is 6.92. The molecular weight excluding hydrogens is 482 g/mol. The summed E-state index contributed by atoms with van der Waals surface area (Å²) in [6, 6.07) is 14.9. The Labute approximate surface area is 189 Å². The summed E-state index contributed by atoms with van der Waals surface area (Å²) in [7, 11) is 0. The second-order valence-corrected chi connectivity index (χ2v) is 7.01. The van der Waals surface area contributed by atoms with Crippen LogP contribution in [0.25, 0.3) is 0 Å². The van der Waals surface area contributed by atoms with E-state index < -0.39 is 0 Å². The summed E-state index contributed by atoms with van der Waals surface area (Å²) in [5, 5.41) is 16.3. The summed E-state index contributed by atoms with van der Waals surface area (Å²) in [6.45, 7) is 5.14. The van der Waals surface area contributed by atoms with Crippen molar-refractivity contribution in [2.45, 2.75) is 39.0 Å². The summed E-state index contributed by atoms with van der Waals surface area (Å²) >= 11 is 0. The minimum Gasteiger partial charge on any atom is -0.392 e. The molecule has 2 aromatic carbocycles. The molecule has 7 heteroatoms. The molecule has 0 bridgehead atoms. The van der Waals surface area contributed by atoms with Gasteiger partial charge in [0.05, 0.1) is 13.2 Å². The van der Waals surface area contributed by atoms with Crippen molar-refractivity contribution in [3.8, 4) is 0 Å². The van der Waals surface area contributed by atoms with E-state index in [1.807, 2.05) is 37.3 Å². The Morgan fingerprint density at radius 1 is 1.14 bits per heavy atom. The minimum absolute atomic E-state index is 0. The molecular formula is C22H30FIN4O. The Morgan fingerprint density at radius 2 is 1.86 bits per heavy atom. The van der Waals surface area contributed by atoms with Crippen molar-refractivity contribution in [1.82, 2.24) is 10.6 Å². The summed E-state index contributed by atoms with van der Waals surface area (Å²) in [6.07, 6.45) is 1.93. The van der Waals surface area contributed by atoms with E-state index in [1.165, 1.54) is 6.07 Å². The van der Waals surface area contributed by atoms with Crippen LogP contribution in [0.4, 0.5) is 10.1 Å². The number of aliphatic hydroxyl groups excluding tert-OH is 1. The van der Waals surface area contributed by atoms with Crippen molar-refractivity contribution in [3.63, 3.8) is 0 Å². The lowest BCUT2D eigenvalue weighted by Gasteiger charge is -2.34. The molecule has 2 aromatic rings. The maximum atomic E-state index is 13.5. The average Bonchev–Trinajstić information content (AvgIpc) is 2.73. The topological polar surface area (TPSA) is 59.9 Å². The van der Waals surface area contributed by atoms with Gasteiger partial charge >= 0.3 is 0 Å². The van der Waals surface area contributed by atoms with Crippen LogP contribution in [0.15, 0.2) is 53.5 Å². The van der Waals surface area contributed by atoms with E-state index in [0.29, 0.717) is 12.6 Å². The van der Waals surface area contributed by atoms with E-state index in [-0.39, 0.29) is 36.4 Å². The van der Waals surface area contributed by atoms with Gasteiger partial charge in [0, 0.05) is 31.4 Å². The molecule has 158 valence electrons. The predicted molar refractivity (Wildman–Crippen MR) is 127 cm³/mol. The van der Waals surface area contributed by atoms with Crippen LogP contribution in [0, 0.1) is 5.82 Å². The molecule has 1 aliphatic heterocycles. The van der Waals surface area contributed by atoms with Crippen LogP contribution in [0.5, 0.6) is 0 Å². The second kappa shape index (κ2) is 12.0. The number of anilines is 1. The van der Waals surface area contributed by atoms with Crippen molar-refractivity contribution in [3.05, 3.63) is 65.5 Å². The van der Waals surface area contributed by atoms with Gasteiger partial charge in [-0.1, -0.05) is 30.3 Å². The van der Waals surface area contributed by atoms with Gasteiger partial charge in [-0.3, -0.25) is 0 Å². The number of benzene rings is 2. The van der Waals surface area contributed by atoms with Gasteiger partial charge in [0.25, 0.3) is 0 Å². The third-order valence-corrected chi connectivity index (χ3v) is 5.05. The number of guanidine groups is 1. The van der Waals surface area contributed by atoms with Crippen molar-refractivity contribution >= 4 is 35.6 Å². The van der Waals surface area contributed by atoms with Gasteiger partial charge in [-0.15, -0.1) is 24.0 Å². The van der Waals surface area contributed by atoms with E-state index in [1.54, 1.807) is 12.1 Å². The van der Waals surface area contributed by atoms with Crippen LogP contribution in [-0.2, 0) is 13.2 Å². The number of nitrogens with zero attached hydrogens (tertiary/aromatic N) is 2. The second-order valence-electron chi connectivity index (χ2n) is 7.01. The molecule has 1 aliphatic rings. The van der Waals surface area contributed by atoms with E-state index in [0.717, 1.165) is 55.2 Å². The molecule has 1 saturated heterocycles. The number of nitrogens with one attached hydrogen (secondary N) is 2. The number of hydrogen-bond donors (Lipinski definition) is 3. The first-order valence-electron chi connectivity index (χ1n) is 9.92. The first-order chi connectivity index (χ1) is 13.7. The van der Waals surface area contributed by atoms with Gasteiger partial charge < -0.3 is 20.6 Å². The Bertz CT molecular complexity index is 794. The van der Waals surface area contributed by atoms with E-state index in [4.69, 9.17) is 4.99 Å². The number of piperidine rings is 1. The van der Waals surface area contributed by atoms with Crippen LogP contribution in [0.3, 0.4) is 0 Å². The van der Waals surface area contributed by atoms with Gasteiger partial charge in [0.2, 0.25) is 0 Å². The lowest BCUT2D eigenvalue weighted by Crippen LogP contribution is -2.48. The van der Waals surface area contributed by atoms with Crippen molar-refractivity contribution in [2.75, 3.05) is 24.5 Å². The van der Waals surface area contributed by atoms with E-state index in [9.17, 15) is 9.50 Å². The highest BCUT2D eigenvalue weighted by Gasteiger charge is 2.20. The molecule has 0 aliphatic carbocycles. The molecule has 0 unspecified atom stereocenters. The number of aliphatic hydroxyl groups is 1. The summed E-state index contributed by atoms with van der Waals surface area (Å²) < 4.78 is 13.5. The van der Waals surface area contributed by atoms with E-state index in [2.05, 4.69) is 15.5 Å². The number of rotatable bonds is 6. The summed E-state index contributed by atoms with van der Waals surface area (Å²) in [5.41, 5.74) is 2.88. The molecule has 0 amide bonds. The smallest absolute Gasteiger partial charge is 0.191 e. The molecule has 1 heterocycles. The third-order valence-electron chi connectivity index (χ3n) is 5.05. The fraction of sp³-hybridized carbons (Fsp3) is 0.409. The number of aliphatic imine (C=N–C) groups is 1. The zero-order valence-electron chi connectivity index (χ0n) is 16.8. The van der Waals surface area contributed by atoms with Gasteiger partial charge in [0.1, 0.15) is 5.82 Å². The van der Waals surface area contributed by atoms with Crippen LogP contribution < -0.4 is 15.5 Å². The third kappa shape index (κ3) is 6.85. The first-order valence-corrected chi connectivity index (χ1v) is 9.92. The zero-order chi connectivity index (χ0) is 19.8. The van der Waals surface area contributed by atoms with Crippen LogP contribution in [-0.4, -0.2) is 36.7 Å². The molecule has 0 aromatic heterocycles. The van der Waals surface area contributed by atoms with Crippen molar-refractivity contribution in [2.24, 2.45) is 4.99 Å². The Morgan fingerprint density at radius 3 is 2.52 bits per heavy atom. The molecule has 3 rings (SSSR count). The van der Waals surface area contributed by atoms with Crippen LogP contribution in [0.1, 0.15) is 30.9 Å². The molecule has 0 saturated carbocycles. The molecule has 0 radical (unpaired) electrons. The Balaban J connectivity index is 0.00000300. The zero-order valence-corrected chi connectivity index (χ0v) is 19.1. The van der Waals surface area contributed by atoms with Crippen molar-refractivity contribution < 1.29 is 9.50 Å². The van der Waals surface area contributed by atoms with Crippen molar-refractivity contribution in [1.29, 1.82) is 0 Å². The largest absolute Gasteiger partial charge is 0.392 e. The standard InChI is InChI=1S/C22H29FN4O.HI/c1-2-24-22(25-15-17-6-3-4-7-18(17)16-28)26-20-10-12-27(13-11-20)21-9-5-8-19(23)14-21;/h3-9,14,20,28H,2,10-13,15-16H2,1H3,(H2,24,25,26);1H. The highest BCUT2D eigenvalue weighted by atomic mass is 127. The van der Waals surface area contributed by atoms with Gasteiger partial charge in [0.15, 0.2) is 5.96 Å². The lowest BCUT2D eigenvalue weighted by molar-refractivity contribution is 0.280. The Hall–Kier alpha value is -1.87. The molecule has 5 nitrogen and oxygen atoms in total. The number of halogens is 2. The fourth-order valence-corrected chi connectivity index (χ4v) is 3.50. The van der Waals surface area contributed by atoms with Gasteiger partial charge in [-0.05, 0) is 49.1 Å². The SMILES string of the molecule is CCNC(=NCc1ccccc1CO)NC1CCN(c2cccc(F)c2)CC1.I. The first kappa shape index (κ1) is 23.4. The van der Waals surface area contributed by atoms with Crippen LogP contribution in [0.2, 0.25) is 0 Å². The summed E-state index contributed by atoms with van der Waals surface area (Å²) in [5.74, 6) is 0.599. The lowest BCUT2D eigenvalue weighted by atomic mass is 10.0. The molecule has 1 fully saturated rings. The quantitative estimate of drug-likeness (QED) is 0.314. The average molecular weight is 512 g/mol. The maximum Gasteiger partial charge on any atom is 0.191 e. The monoisotopic (exact) mass is 512 g/mol. The highest BCUT2D eigenvalue weighted by molar-refractivity contribution is 14.0. The van der Waals surface area contributed by atoms with Crippen LogP contribution >= 0.6 is 24.0 Å². The molecule has 0 atom stereocenters.